The lowest BCUT2D eigenvalue weighted by Gasteiger charge is -2.02. The number of carbonyl (C=O) groups excluding carboxylic acids is 1. The highest BCUT2D eigenvalue weighted by atomic mass is 127. The Kier molecular flexibility index (Phi) is 3.05. The molecule has 1 aromatic heterocycles. The second kappa shape index (κ2) is 4.48. The third kappa shape index (κ3) is 2.59. The lowest BCUT2D eigenvalue weighted by Crippen LogP contribution is -2.10. The van der Waals surface area contributed by atoms with E-state index >= 15 is 0 Å². The highest BCUT2D eigenvalue weighted by molar-refractivity contribution is 14.1. The summed E-state index contributed by atoms with van der Waals surface area (Å²) in [6, 6.07) is 9.22. The van der Waals surface area contributed by atoms with Crippen LogP contribution in [0.4, 0.5) is 5.69 Å². The van der Waals surface area contributed by atoms with Crippen molar-refractivity contribution >= 4 is 34.2 Å². The summed E-state index contributed by atoms with van der Waals surface area (Å²) in [5, 5.41) is 2.77. The fraction of sp³-hybridized carbons (Fsp3) is 0. The first-order valence-corrected chi connectivity index (χ1v) is 5.43. The first kappa shape index (κ1) is 10.2. The molecular formula is C11H8INO2. The Balaban J connectivity index is 2.09. The van der Waals surface area contributed by atoms with Crippen LogP contribution in [0.2, 0.25) is 0 Å². The number of carbonyl (C=O) groups is 1. The van der Waals surface area contributed by atoms with Gasteiger partial charge in [-0.2, -0.15) is 0 Å². The Morgan fingerprint density at radius 3 is 2.53 bits per heavy atom. The minimum absolute atomic E-state index is 0.162. The largest absolute Gasteiger partial charge is 0.472 e. The predicted molar refractivity (Wildman–Crippen MR) is 65.8 cm³/mol. The highest BCUT2D eigenvalue weighted by Crippen LogP contribution is 2.12. The summed E-state index contributed by atoms with van der Waals surface area (Å²) in [6.07, 6.45) is 2.89. The molecule has 3 nitrogen and oxygen atoms in total. The van der Waals surface area contributed by atoms with E-state index in [-0.39, 0.29) is 5.91 Å². The van der Waals surface area contributed by atoms with Gasteiger partial charge in [0.15, 0.2) is 0 Å². The van der Waals surface area contributed by atoms with Gasteiger partial charge in [-0.15, -0.1) is 0 Å². The van der Waals surface area contributed by atoms with E-state index in [1.165, 1.54) is 12.5 Å². The smallest absolute Gasteiger partial charge is 0.258 e. The Bertz CT molecular complexity index is 448. The molecule has 0 saturated heterocycles. The number of anilines is 1. The molecule has 2 aromatic rings. The number of halogens is 1. The van der Waals surface area contributed by atoms with Gasteiger partial charge in [0.05, 0.1) is 11.8 Å². The van der Waals surface area contributed by atoms with Gasteiger partial charge in [-0.05, 0) is 52.9 Å². The van der Waals surface area contributed by atoms with Crippen LogP contribution in [0, 0.1) is 3.57 Å². The van der Waals surface area contributed by atoms with E-state index in [2.05, 4.69) is 27.9 Å². The Morgan fingerprint density at radius 2 is 1.93 bits per heavy atom. The highest BCUT2D eigenvalue weighted by Gasteiger charge is 2.06. The van der Waals surface area contributed by atoms with Crippen LogP contribution in [0.1, 0.15) is 10.4 Å². The third-order valence-corrected chi connectivity index (χ3v) is 2.60. The van der Waals surface area contributed by atoms with Crippen molar-refractivity contribution < 1.29 is 9.21 Å². The molecule has 15 heavy (non-hydrogen) atoms. The summed E-state index contributed by atoms with van der Waals surface area (Å²) >= 11 is 2.21. The molecule has 1 heterocycles. The molecule has 0 spiro atoms. The standard InChI is InChI=1S/C11H8INO2/c12-9-1-3-10(4-2-9)13-11(14)8-5-6-15-7-8/h1-7H,(H,13,14). The molecule has 0 aliphatic carbocycles. The maximum atomic E-state index is 11.6. The van der Waals surface area contributed by atoms with Gasteiger partial charge in [-0.1, -0.05) is 0 Å². The van der Waals surface area contributed by atoms with Crippen LogP contribution in [-0.4, -0.2) is 5.91 Å². The number of hydrogen-bond donors (Lipinski definition) is 1. The quantitative estimate of drug-likeness (QED) is 0.866. The van der Waals surface area contributed by atoms with Crippen LogP contribution in [-0.2, 0) is 0 Å². The van der Waals surface area contributed by atoms with Gasteiger partial charge >= 0.3 is 0 Å². The van der Waals surface area contributed by atoms with Crippen molar-refractivity contribution in [2.75, 3.05) is 5.32 Å². The van der Waals surface area contributed by atoms with E-state index in [0.717, 1.165) is 9.26 Å². The van der Waals surface area contributed by atoms with Gasteiger partial charge in [0, 0.05) is 9.26 Å². The van der Waals surface area contributed by atoms with Crippen LogP contribution >= 0.6 is 22.6 Å². The molecule has 0 aliphatic rings. The summed E-state index contributed by atoms with van der Waals surface area (Å²) in [7, 11) is 0. The number of amides is 1. The third-order valence-electron chi connectivity index (χ3n) is 1.89. The van der Waals surface area contributed by atoms with E-state index in [9.17, 15) is 4.79 Å². The van der Waals surface area contributed by atoms with Gasteiger partial charge in [0.1, 0.15) is 6.26 Å². The molecule has 1 amide bonds. The van der Waals surface area contributed by atoms with Crippen LogP contribution in [0.15, 0.2) is 47.3 Å². The second-order valence-corrected chi connectivity index (χ2v) is 4.22. The molecular weight excluding hydrogens is 305 g/mol. The average molecular weight is 313 g/mol. The zero-order chi connectivity index (χ0) is 10.7. The monoisotopic (exact) mass is 313 g/mol. The number of benzene rings is 1. The SMILES string of the molecule is O=C(Nc1ccc(I)cc1)c1ccoc1. The first-order chi connectivity index (χ1) is 7.25. The molecule has 76 valence electrons. The van der Waals surface area contributed by atoms with Gasteiger partial charge in [0.2, 0.25) is 0 Å². The Morgan fingerprint density at radius 1 is 1.20 bits per heavy atom. The summed E-state index contributed by atoms with van der Waals surface area (Å²) in [5.74, 6) is -0.162. The second-order valence-electron chi connectivity index (χ2n) is 2.97. The first-order valence-electron chi connectivity index (χ1n) is 4.35. The maximum absolute atomic E-state index is 11.6. The van der Waals surface area contributed by atoms with Crippen molar-refractivity contribution in [2.45, 2.75) is 0 Å². The molecule has 1 aromatic carbocycles. The van der Waals surface area contributed by atoms with E-state index in [4.69, 9.17) is 4.42 Å². The van der Waals surface area contributed by atoms with Crippen LogP contribution in [0.25, 0.3) is 0 Å². The fourth-order valence-electron chi connectivity index (χ4n) is 1.13. The number of furan rings is 1. The number of nitrogens with one attached hydrogen (secondary N) is 1. The molecule has 2 rings (SSSR count). The molecule has 0 bridgehead atoms. The summed E-state index contributed by atoms with van der Waals surface area (Å²) in [6.45, 7) is 0. The summed E-state index contributed by atoms with van der Waals surface area (Å²) < 4.78 is 5.96. The minimum atomic E-state index is -0.162. The summed E-state index contributed by atoms with van der Waals surface area (Å²) in [5.41, 5.74) is 1.30. The molecule has 0 atom stereocenters. The van der Waals surface area contributed by atoms with E-state index < -0.39 is 0 Å². The molecule has 0 saturated carbocycles. The summed E-state index contributed by atoms with van der Waals surface area (Å²) in [4.78, 5) is 11.6. The topological polar surface area (TPSA) is 42.2 Å². The lowest BCUT2D eigenvalue weighted by atomic mass is 10.3. The van der Waals surface area contributed by atoms with Crippen molar-refractivity contribution in [2.24, 2.45) is 0 Å². The normalized spacial score (nSPS) is 9.93. The predicted octanol–water partition coefficient (Wildman–Crippen LogP) is 3.14. The number of rotatable bonds is 2. The number of hydrogen-bond acceptors (Lipinski definition) is 2. The van der Waals surface area contributed by atoms with E-state index in [0.29, 0.717) is 5.56 Å². The van der Waals surface area contributed by atoms with Gasteiger partial charge in [0.25, 0.3) is 5.91 Å². The van der Waals surface area contributed by atoms with Crippen molar-refractivity contribution in [1.82, 2.24) is 0 Å². The zero-order valence-corrected chi connectivity index (χ0v) is 9.89. The molecule has 4 heteroatoms. The fourth-order valence-corrected chi connectivity index (χ4v) is 1.49. The minimum Gasteiger partial charge on any atom is -0.472 e. The van der Waals surface area contributed by atoms with Gasteiger partial charge < -0.3 is 9.73 Å². The van der Waals surface area contributed by atoms with E-state index in [1.807, 2.05) is 24.3 Å². The van der Waals surface area contributed by atoms with Crippen molar-refractivity contribution in [1.29, 1.82) is 0 Å². The molecule has 1 N–H and O–H groups in total. The molecule has 0 aliphatic heterocycles. The molecule has 0 unspecified atom stereocenters. The van der Waals surface area contributed by atoms with Crippen LogP contribution < -0.4 is 5.32 Å². The van der Waals surface area contributed by atoms with Crippen molar-refractivity contribution in [3.63, 3.8) is 0 Å². The maximum Gasteiger partial charge on any atom is 0.258 e. The zero-order valence-electron chi connectivity index (χ0n) is 7.74. The van der Waals surface area contributed by atoms with Crippen LogP contribution in [0.5, 0.6) is 0 Å². The van der Waals surface area contributed by atoms with Crippen molar-refractivity contribution in [3.8, 4) is 0 Å². The van der Waals surface area contributed by atoms with Gasteiger partial charge in [-0.3, -0.25) is 4.79 Å². The molecule has 0 radical (unpaired) electrons. The molecule has 0 fully saturated rings. The lowest BCUT2D eigenvalue weighted by molar-refractivity contribution is 0.102. The Labute approximate surface area is 101 Å². The van der Waals surface area contributed by atoms with Gasteiger partial charge in [-0.25, -0.2) is 0 Å². The average Bonchev–Trinajstić information content (AvgIpc) is 2.74. The van der Waals surface area contributed by atoms with Crippen molar-refractivity contribution in [3.05, 3.63) is 52.0 Å². The van der Waals surface area contributed by atoms with E-state index in [1.54, 1.807) is 6.07 Å². The Hall–Kier alpha value is -1.30. The van der Waals surface area contributed by atoms with Crippen LogP contribution in [0.3, 0.4) is 0 Å².